The summed E-state index contributed by atoms with van der Waals surface area (Å²) in [6.45, 7) is 3.61. The molecule has 1 aliphatic rings. The zero-order chi connectivity index (χ0) is 25.3. The minimum Gasteiger partial charge on any atom is -0.350 e. The van der Waals surface area contributed by atoms with Gasteiger partial charge >= 0.3 is 0 Å². The Hall–Kier alpha value is -3.32. The SMILES string of the molecule is Cc1ccc(NC(=O)Cc2ccc(NC3=C(Cl)C(=O)N(c4cccc(Cl)c4C)C3=O)cc2)cc1Cl. The molecule has 0 unspecified atom stereocenters. The average Bonchev–Trinajstić information content (AvgIpc) is 3.02. The number of hydrogen-bond donors (Lipinski definition) is 2. The molecule has 2 N–H and O–H groups in total. The van der Waals surface area contributed by atoms with Crippen molar-refractivity contribution in [1.82, 2.24) is 0 Å². The fourth-order valence-corrected chi connectivity index (χ4v) is 4.14. The number of anilines is 3. The van der Waals surface area contributed by atoms with Crippen LogP contribution in [0.5, 0.6) is 0 Å². The number of carbonyl (C=O) groups is 3. The highest BCUT2D eigenvalue weighted by atomic mass is 35.5. The number of hydrogen-bond acceptors (Lipinski definition) is 4. The van der Waals surface area contributed by atoms with E-state index in [-0.39, 0.29) is 23.1 Å². The van der Waals surface area contributed by atoms with Gasteiger partial charge in [0.25, 0.3) is 11.8 Å². The average molecular weight is 529 g/mol. The largest absolute Gasteiger partial charge is 0.350 e. The first-order valence-corrected chi connectivity index (χ1v) is 11.7. The molecule has 0 fully saturated rings. The van der Waals surface area contributed by atoms with Crippen LogP contribution >= 0.6 is 34.8 Å². The molecule has 0 spiro atoms. The smallest absolute Gasteiger partial charge is 0.283 e. The standard InChI is InChI=1S/C26H20Cl3N3O3/c1-14-6-9-18(13-20(14)28)30-22(33)12-16-7-10-17(11-8-16)31-24-23(29)25(34)32(26(24)35)21-5-3-4-19(27)15(21)2/h3-11,13,31H,12H2,1-2H3,(H,30,33). The van der Waals surface area contributed by atoms with E-state index in [1.165, 1.54) is 0 Å². The zero-order valence-electron chi connectivity index (χ0n) is 18.8. The van der Waals surface area contributed by atoms with Crippen molar-refractivity contribution in [2.75, 3.05) is 15.5 Å². The summed E-state index contributed by atoms with van der Waals surface area (Å²) in [5.74, 6) is -1.40. The van der Waals surface area contributed by atoms with E-state index in [2.05, 4.69) is 10.6 Å². The van der Waals surface area contributed by atoms with Gasteiger partial charge in [-0.2, -0.15) is 0 Å². The maximum absolute atomic E-state index is 13.0. The second-order valence-electron chi connectivity index (χ2n) is 8.03. The van der Waals surface area contributed by atoms with E-state index >= 15 is 0 Å². The molecule has 6 nitrogen and oxygen atoms in total. The number of amides is 3. The van der Waals surface area contributed by atoms with E-state index in [0.717, 1.165) is 16.0 Å². The normalized spacial score (nSPS) is 13.5. The first-order chi connectivity index (χ1) is 16.7. The number of rotatable bonds is 6. The molecular formula is C26H20Cl3N3O3. The lowest BCUT2D eigenvalue weighted by Crippen LogP contribution is -2.32. The van der Waals surface area contributed by atoms with Gasteiger partial charge in [-0.15, -0.1) is 0 Å². The molecule has 0 aliphatic carbocycles. The third-order valence-corrected chi connectivity index (χ3v) is 6.72. The molecule has 0 saturated carbocycles. The number of carbonyl (C=O) groups excluding carboxylic acids is 3. The summed E-state index contributed by atoms with van der Waals surface area (Å²) in [6, 6.07) is 17.2. The number of imide groups is 1. The lowest BCUT2D eigenvalue weighted by Gasteiger charge is -2.18. The van der Waals surface area contributed by atoms with Crippen LogP contribution in [0.15, 0.2) is 71.4 Å². The summed E-state index contributed by atoms with van der Waals surface area (Å²) in [5.41, 5.74) is 3.79. The third-order valence-electron chi connectivity index (χ3n) is 5.55. The Morgan fingerprint density at radius 3 is 2.23 bits per heavy atom. The molecule has 3 aromatic rings. The highest BCUT2D eigenvalue weighted by Crippen LogP contribution is 2.34. The fraction of sp³-hybridized carbons (Fsp3) is 0.115. The van der Waals surface area contributed by atoms with Gasteiger partial charge in [-0.05, 0) is 66.9 Å². The number of aryl methyl sites for hydroxylation is 1. The molecule has 3 amide bonds. The van der Waals surface area contributed by atoms with Crippen molar-refractivity contribution >= 4 is 69.6 Å². The van der Waals surface area contributed by atoms with Gasteiger partial charge in [0, 0.05) is 21.4 Å². The predicted octanol–water partition coefficient (Wildman–Crippen LogP) is 6.23. The Labute approximate surface area is 217 Å². The van der Waals surface area contributed by atoms with E-state index in [1.54, 1.807) is 61.5 Å². The van der Waals surface area contributed by atoms with E-state index in [4.69, 9.17) is 34.8 Å². The number of halogens is 3. The van der Waals surface area contributed by atoms with E-state index < -0.39 is 11.8 Å². The molecule has 1 heterocycles. The Balaban J connectivity index is 1.44. The fourth-order valence-electron chi connectivity index (χ4n) is 3.58. The minimum atomic E-state index is -0.631. The van der Waals surface area contributed by atoms with Crippen LogP contribution in [0.4, 0.5) is 17.1 Å². The van der Waals surface area contributed by atoms with Gasteiger partial charge in [-0.1, -0.05) is 59.1 Å². The number of benzene rings is 3. The Bertz CT molecular complexity index is 1380. The predicted molar refractivity (Wildman–Crippen MR) is 140 cm³/mol. The second kappa shape index (κ2) is 10.1. The van der Waals surface area contributed by atoms with Gasteiger partial charge in [-0.25, -0.2) is 4.90 Å². The van der Waals surface area contributed by atoms with E-state index in [1.807, 2.05) is 13.0 Å². The maximum Gasteiger partial charge on any atom is 0.283 e. The summed E-state index contributed by atoms with van der Waals surface area (Å²) in [6.07, 6.45) is 0.147. The van der Waals surface area contributed by atoms with Crippen LogP contribution in [0.25, 0.3) is 0 Å². The van der Waals surface area contributed by atoms with Crippen molar-refractivity contribution < 1.29 is 14.4 Å². The minimum absolute atomic E-state index is 0.0298. The molecule has 35 heavy (non-hydrogen) atoms. The molecule has 0 bridgehead atoms. The molecule has 178 valence electrons. The quantitative estimate of drug-likeness (QED) is 0.372. The van der Waals surface area contributed by atoms with Gasteiger partial charge in [0.05, 0.1) is 12.1 Å². The summed E-state index contributed by atoms with van der Waals surface area (Å²) in [7, 11) is 0. The van der Waals surface area contributed by atoms with Crippen molar-refractivity contribution in [3.8, 4) is 0 Å². The van der Waals surface area contributed by atoms with Crippen LogP contribution < -0.4 is 15.5 Å². The van der Waals surface area contributed by atoms with Crippen molar-refractivity contribution in [2.45, 2.75) is 20.3 Å². The van der Waals surface area contributed by atoms with E-state index in [0.29, 0.717) is 32.7 Å². The molecule has 3 aromatic carbocycles. The maximum atomic E-state index is 13.0. The topological polar surface area (TPSA) is 78.5 Å². The zero-order valence-corrected chi connectivity index (χ0v) is 21.1. The molecule has 0 radical (unpaired) electrons. The first kappa shape index (κ1) is 24.8. The first-order valence-electron chi connectivity index (χ1n) is 10.6. The summed E-state index contributed by atoms with van der Waals surface area (Å²) >= 11 is 18.5. The van der Waals surface area contributed by atoms with Crippen LogP contribution in [0.1, 0.15) is 16.7 Å². The molecular weight excluding hydrogens is 509 g/mol. The number of nitrogens with zero attached hydrogens (tertiary/aromatic N) is 1. The molecule has 9 heteroatoms. The van der Waals surface area contributed by atoms with Crippen molar-refractivity contribution in [1.29, 1.82) is 0 Å². The van der Waals surface area contributed by atoms with Gasteiger partial charge in [-0.3, -0.25) is 14.4 Å². The molecule has 1 aliphatic heterocycles. The van der Waals surface area contributed by atoms with Crippen LogP contribution in [0.3, 0.4) is 0 Å². The Morgan fingerprint density at radius 2 is 1.54 bits per heavy atom. The third kappa shape index (κ3) is 5.20. The molecule has 4 rings (SSSR count). The number of nitrogens with one attached hydrogen (secondary N) is 2. The van der Waals surface area contributed by atoms with Gasteiger partial charge in [0.15, 0.2) is 0 Å². The highest BCUT2D eigenvalue weighted by Gasteiger charge is 2.39. The Kier molecular flexibility index (Phi) is 7.17. The van der Waals surface area contributed by atoms with Crippen LogP contribution in [0, 0.1) is 13.8 Å². The molecule has 0 atom stereocenters. The second-order valence-corrected chi connectivity index (χ2v) is 9.22. The monoisotopic (exact) mass is 527 g/mol. The van der Waals surface area contributed by atoms with E-state index in [9.17, 15) is 14.4 Å². The summed E-state index contributed by atoms with van der Waals surface area (Å²) in [4.78, 5) is 39.1. The van der Waals surface area contributed by atoms with Gasteiger partial charge in [0.2, 0.25) is 5.91 Å². The van der Waals surface area contributed by atoms with Gasteiger partial charge < -0.3 is 10.6 Å². The summed E-state index contributed by atoms with van der Waals surface area (Å²) in [5, 5.41) is 6.54. The van der Waals surface area contributed by atoms with Crippen molar-refractivity contribution in [2.24, 2.45) is 0 Å². The van der Waals surface area contributed by atoms with Crippen LogP contribution in [-0.4, -0.2) is 17.7 Å². The van der Waals surface area contributed by atoms with Crippen molar-refractivity contribution in [3.05, 3.63) is 98.1 Å². The molecule has 0 saturated heterocycles. The van der Waals surface area contributed by atoms with Crippen molar-refractivity contribution in [3.63, 3.8) is 0 Å². The summed E-state index contributed by atoms with van der Waals surface area (Å²) < 4.78 is 0. The molecule has 0 aromatic heterocycles. The lowest BCUT2D eigenvalue weighted by atomic mass is 10.1. The lowest BCUT2D eigenvalue weighted by molar-refractivity contribution is -0.120. The van der Waals surface area contributed by atoms with Crippen LogP contribution in [-0.2, 0) is 20.8 Å². The van der Waals surface area contributed by atoms with Gasteiger partial charge in [0.1, 0.15) is 10.7 Å². The Morgan fingerprint density at radius 1 is 0.857 bits per heavy atom. The highest BCUT2D eigenvalue weighted by molar-refractivity contribution is 6.53. The van der Waals surface area contributed by atoms with Crippen LogP contribution in [0.2, 0.25) is 10.0 Å².